The van der Waals surface area contributed by atoms with Crippen LogP contribution in [0.3, 0.4) is 0 Å². The van der Waals surface area contributed by atoms with Gasteiger partial charge in [0.2, 0.25) is 23.7 Å². The van der Waals surface area contributed by atoms with Gasteiger partial charge < -0.3 is 30.4 Å². The number of thiazole rings is 1. The molecule has 4 amide bonds. The Morgan fingerprint density at radius 2 is 1.55 bits per heavy atom. The van der Waals surface area contributed by atoms with E-state index in [-0.39, 0.29) is 55.2 Å². The number of aliphatic hydroxyl groups excluding tert-OH is 1. The number of fused-ring (bicyclic) bond motifs is 2. The summed E-state index contributed by atoms with van der Waals surface area (Å²) in [5.74, 6) is -1.38. The van der Waals surface area contributed by atoms with Gasteiger partial charge in [-0.2, -0.15) is 5.10 Å². The molecule has 7 N–H and O–H groups in total. The van der Waals surface area contributed by atoms with E-state index in [4.69, 9.17) is 21.2 Å². The molecular formula is C37H41N11O6S. The summed E-state index contributed by atoms with van der Waals surface area (Å²) in [6.45, 7) is 8.39. The molecule has 0 fully saturated rings. The maximum atomic E-state index is 13.6. The molecule has 55 heavy (non-hydrogen) atoms. The fraction of sp³-hybridized carbons (Fsp3) is 0.297. The van der Waals surface area contributed by atoms with Crippen LogP contribution in [0.1, 0.15) is 77.5 Å². The topological polar surface area (TPSA) is 240 Å². The van der Waals surface area contributed by atoms with E-state index in [1.54, 1.807) is 45.0 Å². The quantitative estimate of drug-likeness (QED) is 0.0702. The number of aliphatic hydroxyl groups is 1. The Bertz CT molecular complexity index is 2470. The Morgan fingerprint density at radius 1 is 0.873 bits per heavy atom. The van der Waals surface area contributed by atoms with Crippen molar-refractivity contribution in [2.45, 2.75) is 60.2 Å². The molecule has 0 aliphatic rings. The molecule has 2 aromatic carbocycles. The van der Waals surface area contributed by atoms with Gasteiger partial charge in [0.25, 0.3) is 11.8 Å². The van der Waals surface area contributed by atoms with E-state index in [0.29, 0.717) is 69.2 Å². The Morgan fingerprint density at radius 3 is 2.24 bits per heavy atom. The summed E-state index contributed by atoms with van der Waals surface area (Å²) in [7, 11) is 0. The van der Waals surface area contributed by atoms with Crippen molar-refractivity contribution in [1.82, 2.24) is 33.9 Å². The zero-order valence-corrected chi connectivity index (χ0v) is 31.6. The summed E-state index contributed by atoms with van der Waals surface area (Å²) in [5, 5.41) is 20.4. The average Bonchev–Trinajstić information content (AvgIpc) is 3.92. The summed E-state index contributed by atoms with van der Waals surface area (Å²) < 4.78 is 11.1. The number of amides is 4. The second kappa shape index (κ2) is 16.3. The standard InChI is InChI=1S/C37H41N11O6S/c1-5-24-31(55-21(4)40-24)35(53)44-37-42-26-18-23(33(39)51)19-29(54-15-9-14-49)30(26)47(37)13-8-7-12-46-27-11-10-22(32(38)50)17-25(27)41-36(46)43-34(52)28-16-20(3)45-48(28)6-2/h7-8,10-11,16-19,49H,5-6,9,12-15H2,1-4H3,(H2,38,50)(H2,39,51)(H,41,43,52)(H,42,44,53). The minimum atomic E-state index is -0.686. The van der Waals surface area contributed by atoms with Gasteiger partial charge in [0, 0.05) is 43.8 Å². The van der Waals surface area contributed by atoms with Crippen molar-refractivity contribution in [2.75, 3.05) is 23.8 Å². The van der Waals surface area contributed by atoms with Gasteiger partial charge in [0.1, 0.15) is 21.8 Å². The number of carbonyl (C=O) groups is 4. The number of aryl methyl sites for hydroxylation is 4. The predicted molar refractivity (Wildman–Crippen MR) is 208 cm³/mol. The fourth-order valence-electron chi connectivity index (χ4n) is 6.11. The van der Waals surface area contributed by atoms with Gasteiger partial charge in [-0.1, -0.05) is 19.1 Å². The summed E-state index contributed by atoms with van der Waals surface area (Å²) in [6.07, 6.45) is 4.59. The number of nitrogens with two attached hydrogens (primary N) is 2. The van der Waals surface area contributed by atoms with Crippen molar-refractivity contribution in [3.63, 3.8) is 0 Å². The maximum absolute atomic E-state index is 13.6. The number of benzene rings is 2. The highest BCUT2D eigenvalue weighted by Crippen LogP contribution is 2.32. The molecule has 17 nitrogen and oxygen atoms in total. The normalized spacial score (nSPS) is 11.5. The molecular weight excluding hydrogens is 727 g/mol. The Hall–Kier alpha value is -6.40. The van der Waals surface area contributed by atoms with Crippen LogP contribution in [-0.2, 0) is 26.1 Å². The number of hydrogen-bond acceptors (Lipinski definition) is 11. The number of nitrogens with zero attached hydrogens (tertiary/aromatic N) is 7. The van der Waals surface area contributed by atoms with Crippen molar-refractivity contribution < 1.29 is 29.0 Å². The van der Waals surface area contributed by atoms with E-state index >= 15 is 0 Å². The maximum Gasteiger partial charge on any atom is 0.276 e. The van der Waals surface area contributed by atoms with Crippen molar-refractivity contribution in [2.24, 2.45) is 11.5 Å². The Balaban J connectivity index is 1.38. The second-order valence-corrected chi connectivity index (χ2v) is 13.7. The molecule has 4 aromatic heterocycles. The third kappa shape index (κ3) is 8.09. The number of aromatic nitrogens is 7. The molecule has 6 rings (SSSR count). The summed E-state index contributed by atoms with van der Waals surface area (Å²) >= 11 is 1.28. The third-order valence-corrected chi connectivity index (χ3v) is 9.67. The number of rotatable bonds is 16. The number of nitrogens with one attached hydrogen (secondary N) is 2. The van der Waals surface area contributed by atoms with Gasteiger partial charge in [-0.05, 0) is 63.6 Å². The van der Waals surface area contributed by atoms with Gasteiger partial charge in [-0.15, -0.1) is 11.3 Å². The number of anilines is 2. The van der Waals surface area contributed by atoms with Crippen LogP contribution < -0.4 is 26.8 Å². The zero-order chi connectivity index (χ0) is 39.4. The number of imidazole rings is 2. The molecule has 4 heterocycles. The van der Waals surface area contributed by atoms with Gasteiger partial charge in [-0.3, -0.25) is 34.5 Å². The fourth-order valence-corrected chi connectivity index (χ4v) is 7.01. The highest BCUT2D eigenvalue weighted by Gasteiger charge is 2.23. The minimum absolute atomic E-state index is 0.104. The van der Waals surface area contributed by atoms with Crippen LogP contribution in [0, 0.1) is 13.8 Å². The highest BCUT2D eigenvalue weighted by atomic mass is 32.1. The van der Waals surface area contributed by atoms with E-state index in [1.165, 1.54) is 23.5 Å². The first kappa shape index (κ1) is 38.3. The molecule has 0 atom stereocenters. The molecule has 0 unspecified atom stereocenters. The smallest absolute Gasteiger partial charge is 0.276 e. The molecule has 6 aromatic rings. The van der Waals surface area contributed by atoms with Gasteiger partial charge in [-0.25, -0.2) is 15.0 Å². The number of carbonyl (C=O) groups excluding carboxylic acids is 4. The minimum Gasteiger partial charge on any atom is -0.491 e. The Kier molecular flexibility index (Phi) is 11.4. The molecule has 0 saturated carbocycles. The molecule has 0 bridgehead atoms. The summed E-state index contributed by atoms with van der Waals surface area (Å²) in [5.41, 5.74) is 15.3. The molecule has 0 radical (unpaired) electrons. The molecule has 0 spiro atoms. The second-order valence-electron chi connectivity index (χ2n) is 12.5. The van der Waals surface area contributed by atoms with Gasteiger partial charge >= 0.3 is 0 Å². The first-order valence-electron chi connectivity index (χ1n) is 17.6. The van der Waals surface area contributed by atoms with Gasteiger partial charge in [0.05, 0.1) is 39.6 Å². The lowest BCUT2D eigenvalue weighted by atomic mass is 10.1. The van der Waals surface area contributed by atoms with Gasteiger partial charge in [0.15, 0.2) is 0 Å². The highest BCUT2D eigenvalue weighted by molar-refractivity contribution is 7.13. The van der Waals surface area contributed by atoms with Crippen molar-refractivity contribution in [3.8, 4) is 5.75 Å². The van der Waals surface area contributed by atoms with Crippen LogP contribution in [-0.4, -0.2) is 75.8 Å². The van der Waals surface area contributed by atoms with Crippen molar-refractivity contribution in [1.29, 1.82) is 0 Å². The number of ether oxygens (including phenoxy) is 1. The van der Waals surface area contributed by atoms with Crippen molar-refractivity contribution >= 4 is 68.9 Å². The van der Waals surface area contributed by atoms with Crippen LogP contribution in [0.4, 0.5) is 11.9 Å². The third-order valence-electron chi connectivity index (χ3n) is 8.66. The van der Waals surface area contributed by atoms with E-state index in [2.05, 4.69) is 25.7 Å². The first-order chi connectivity index (χ1) is 26.4. The molecule has 18 heteroatoms. The monoisotopic (exact) mass is 767 g/mol. The predicted octanol–water partition coefficient (Wildman–Crippen LogP) is 3.96. The van der Waals surface area contributed by atoms with Crippen LogP contribution in [0.25, 0.3) is 22.1 Å². The lowest BCUT2D eigenvalue weighted by Crippen LogP contribution is -2.19. The first-order valence-corrected chi connectivity index (χ1v) is 18.4. The van der Waals surface area contributed by atoms with Crippen LogP contribution in [0.5, 0.6) is 5.75 Å². The average molecular weight is 768 g/mol. The molecule has 0 aliphatic heterocycles. The lowest BCUT2D eigenvalue weighted by molar-refractivity contribution is 0.0992. The van der Waals surface area contributed by atoms with E-state index in [0.717, 1.165) is 5.01 Å². The summed E-state index contributed by atoms with van der Waals surface area (Å²) in [6, 6.07) is 9.59. The van der Waals surface area contributed by atoms with E-state index in [9.17, 15) is 24.3 Å². The SMILES string of the molecule is CCc1nc(C)sc1C(=O)Nc1nc2cc(C(N)=O)cc(OCCCO)c2n1CC=CCn1c(NC(=O)c2cc(C)nn2CC)nc2cc(C(N)=O)ccc21. The number of allylic oxidation sites excluding steroid dienone is 2. The molecule has 0 aliphatic carbocycles. The van der Waals surface area contributed by atoms with Crippen LogP contribution in [0.15, 0.2) is 48.6 Å². The number of hydrogen-bond donors (Lipinski definition) is 5. The lowest BCUT2D eigenvalue weighted by Gasteiger charge is -2.13. The van der Waals surface area contributed by atoms with Crippen LogP contribution >= 0.6 is 11.3 Å². The van der Waals surface area contributed by atoms with E-state index in [1.807, 2.05) is 32.9 Å². The zero-order valence-electron chi connectivity index (χ0n) is 30.8. The number of primary amides is 2. The Labute approximate surface area is 319 Å². The molecule has 286 valence electrons. The van der Waals surface area contributed by atoms with Crippen molar-refractivity contribution in [3.05, 3.63) is 86.6 Å². The largest absolute Gasteiger partial charge is 0.491 e. The van der Waals surface area contributed by atoms with E-state index < -0.39 is 17.7 Å². The molecule has 0 saturated heterocycles. The summed E-state index contributed by atoms with van der Waals surface area (Å²) in [4.78, 5) is 65.6. The van der Waals surface area contributed by atoms with Crippen LogP contribution in [0.2, 0.25) is 0 Å².